The monoisotopic (exact) mass is 777 g/mol. The second-order valence-corrected chi connectivity index (χ2v) is 16.1. The van der Waals surface area contributed by atoms with E-state index in [2.05, 4.69) is 229 Å². The highest BCUT2D eigenvalue weighted by Gasteiger charge is 2.46. The van der Waals surface area contributed by atoms with Crippen molar-refractivity contribution in [2.75, 3.05) is 4.90 Å². The van der Waals surface area contributed by atoms with Crippen LogP contribution in [0.25, 0.3) is 66.1 Å². The molecule has 11 aromatic rings. The highest BCUT2D eigenvalue weighted by molar-refractivity contribution is 6.06. The number of nitrogens with zero attached hydrogens (tertiary/aromatic N) is 1. The standard InChI is InChI=1S/C59H39NO/c1-3-17-46(18-4-1)59(47-19-5-2-6-20-47)55-24-11-9-22-51(55)52-35-33-50(39-56(52)59)60(49-21-13-16-43(37-49)44-27-26-40-14-7-8-15-42(40)36-44)48-31-28-41(29-32-48)45-30-34-54-53-23-10-12-25-57(53)61-58(54)38-45/h1-39H. The van der Waals surface area contributed by atoms with Gasteiger partial charge in [-0.2, -0.15) is 0 Å². The van der Waals surface area contributed by atoms with E-state index in [4.69, 9.17) is 4.42 Å². The molecule has 0 unspecified atom stereocenters. The average molecular weight is 778 g/mol. The van der Waals surface area contributed by atoms with Crippen LogP contribution in [0.1, 0.15) is 22.3 Å². The van der Waals surface area contributed by atoms with Crippen LogP contribution in [0.2, 0.25) is 0 Å². The quantitative estimate of drug-likeness (QED) is 0.160. The number of rotatable bonds is 7. The van der Waals surface area contributed by atoms with Gasteiger partial charge in [0, 0.05) is 27.8 Å². The molecule has 0 saturated heterocycles. The maximum absolute atomic E-state index is 6.30. The largest absolute Gasteiger partial charge is 0.456 e. The predicted molar refractivity (Wildman–Crippen MR) is 254 cm³/mol. The SMILES string of the molecule is c1ccc(C2(c3ccccc3)c3ccccc3-c3ccc(N(c4ccc(-c5ccc6c(c5)oc5ccccc56)cc4)c4cccc(-c5ccc6ccccc6c5)c4)cc32)cc1. The first-order valence-corrected chi connectivity index (χ1v) is 21.0. The van der Waals surface area contributed by atoms with Crippen molar-refractivity contribution >= 4 is 49.8 Å². The molecule has 61 heavy (non-hydrogen) atoms. The summed E-state index contributed by atoms with van der Waals surface area (Å²) in [6, 6.07) is 86.2. The van der Waals surface area contributed by atoms with E-state index in [1.54, 1.807) is 0 Å². The number of fused-ring (bicyclic) bond motifs is 7. The van der Waals surface area contributed by atoms with Crippen LogP contribution in [0.4, 0.5) is 17.1 Å². The Labute approximate surface area is 355 Å². The van der Waals surface area contributed by atoms with Gasteiger partial charge in [-0.05, 0) is 127 Å². The van der Waals surface area contributed by atoms with E-state index < -0.39 is 5.41 Å². The smallest absolute Gasteiger partial charge is 0.136 e. The zero-order chi connectivity index (χ0) is 40.3. The van der Waals surface area contributed by atoms with Crippen molar-refractivity contribution in [2.45, 2.75) is 5.41 Å². The average Bonchev–Trinajstić information content (AvgIpc) is 3.85. The molecule has 286 valence electrons. The van der Waals surface area contributed by atoms with E-state index in [1.165, 1.54) is 55.3 Å². The molecule has 0 saturated carbocycles. The van der Waals surface area contributed by atoms with Gasteiger partial charge in [-0.3, -0.25) is 0 Å². The summed E-state index contributed by atoms with van der Waals surface area (Å²) in [6.45, 7) is 0. The molecule has 0 atom stereocenters. The molecule has 12 rings (SSSR count). The fourth-order valence-electron chi connectivity index (χ4n) is 9.92. The Balaban J connectivity index is 1.04. The fraction of sp³-hybridized carbons (Fsp3) is 0.0169. The second-order valence-electron chi connectivity index (χ2n) is 16.1. The Morgan fingerprint density at radius 3 is 1.72 bits per heavy atom. The van der Waals surface area contributed by atoms with E-state index in [-0.39, 0.29) is 0 Å². The molecule has 1 heterocycles. The number of furan rings is 1. The van der Waals surface area contributed by atoms with E-state index in [0.717, 1.165) is 50.1 Å². The van der Waals surface area contributed by atoms with Gasteiger partial charge in [-0.15, -0.1) is 0 Å². The molecule has 1 aliphatic carbocycles. The summed E-state index contributed by atoms with van der Waals surface area (Å²) in [6.07, 6.45) is 0. The summed E-state index contributed by atoms with van der Waals surface area (Å²) >= 11 is 0. The molecule has 1 aromatic heterocycles. The molecule has 0 aliphatic heterocycles. The molecule has 0 spiro atoms. The minimum atomic E-state index is -0.512. The van der Waals surface area contributed by atoms with E-state index in [9.17, 15) is 0 Å². The zero-order valence-corrected chi connectivity index (χ0v) is 33.4. The van der Waals surface area contributed by atoms with Gasteiger partial charge in [-0.1, -0.05) is 176 Å². The van der Waals surface area contributed by atoms with Gasteiger partial charge in [0.25, 0.3) is 0 Å². The van der Waals surface area contributed by atoms with Gasteiger partial charge < -0.3 is 9.32 Å². The lowest BCUT2D eigenvalue weighted by atomic mass is 9.67. The molecule has 2 heteroatoms. The highest BCUT2D eigenvalue weighted by atomic mass is 16.3. The first-order valence-electron chi connectivity index (χ1n) is 21.0. The topological polar surface area (TPSA) is 16.4 Å². The Hall–Kier alpha value is -7.94. The molecule has 1 aliphatic rings. The van der Waals surface area contributed by atoms with Crippen molar-refractivity contribution in [2.24, 2.45) is 0 Å². The van der Waals surface area contributed by atoms with Gasteiger partial charge in [-0.25, -0.2) is 0 Å². The normalized spacial score (nSPS) is 12.7. The molecule has 0 fully saturated rings. The van der Waals surface area contributed by atoms with E-state index in [1.807, 2.05) is 12.1 Å². The van der Waals surface area contributed by atoms with Crippen molar-refractivity contribution in [1.82, 2.24) is 0 Å². The minimum absolute atomic E-state index is 0.512. The van der Waals surface area contributed by atoms with Crippen LogP contribution >= 0.6 is 0 Å². The highest BCUT2D eigenvalue weighted by Crippen LogP contribution is 2.57. The van der Waals surface area contributed by atoms with Crippen LogP contribution in [0, 0.1) is 0 Å². The first kappa shape index (κ1) is 35.0. The molecule has 0 amide bonds. The van der Waals surface area contributed by atoms with Gasteiger partial charge in [0.05, 0.1) is 5.41 Å². The van der Waals surface area contributed by atoms with Crippen molar-refractivity contribution in [1.29, 1.82) is 0 Å². The fourth-order valence-corrected chi connectivity index (χ4v) is 9.92. The number of benzene rings is 10. The Kier molecular flexibility index (Phi) is 8.11. The third-order valence-electron chi connectivity index (χ3n) is 12.7. The Morgan fingerprint density at radius 1 is 0.311 bits per heavy atom. The summed E-state index contributed by atoms with van der Waals surface area (Å²) in [5.41, 5.74) is 16.8. The first-order chi connectivity index (χ1) is 30.2. The van der Waals surface area contributed by atoms with E-state index in [0.29, 0.717) is 0 Å². The molecule has 0 N–H and O–H groups in total. The van der Waals surface area contributed by atoms with Gasteiger partial charge >= 0.3 is 0 Å². The van der Waals surface area contributed by atoms with Gasteiger partial charge in [0.1, 0.15) is 11.2 Å². The summed E-state index contributed by atoms with van der Waals surface area (Å²) in [7, 11) is 0. The maximum atomic E-state index is 6.30. The maximum Gasteiger partial charge on any atom is 0.136 e. The van der Waals surface area contributed by atoms with Crippen molar-refractivity contribution < 1.29 is 4.42 Å². The zero-order valence-electron chi connectivity index (χ0n) is 33.4. The Morgan fingerprint density at radius 2 is 0.902 bits per heavy atom. The lowest BCUT2D eigenvalue weighted by molar-refractivity contribution is 0.669. The lowest BCUT2D eigenvalue weighted by Crippen LogP contribution is -2.28. The number of hydrogen-bond donors (Lipinski definition) is 0. The molecular formula is C59H39NO. The molecule has 0 bridgehead atoms. The summed E-state index contributed by atoms with van der Waals surface area (Å²) in [5.74, 6) is 0. The second kappa shape index (κ2) is 14.1. The van der Waals surface area contributed by atoms with E-state index >= 15 is 0 Å². The summed E-state index contributed by atoms with van der Waals surface area (Å²) in [5, 5.41) is 4.74. The number of hydrogen-bond acceptors (Lipinski definition) is 2. The van der Waals surface area contributed by atoms with Gasteiger partial charge in [0.15, 0.2) is 0 Å². The predicted octanol–water partition coefficient (Wildman–Crippen LogP) is 15.9. The molecule has 0 radical (unpaired) electrons. The van der Waals surface area contributed by atoms with Crippen molar-refractivity contribution in [3.8, 4) is 33.4 Å². The minimum Gasteiger partial charge on any atom is -0.456 e. The third-order valence-corrected chi connectivity index (χ3v) is 12.7. The Bertz CT molecular complexity index is 3380. The lowest BCUT2D eigenvalue weighted by Gasteiger charge is -2.35. The summed E-state index contributed by atoms with van der Waals surface area (Å²) < 4.78 is 6.30. The number of para-hydroxylation sites is 1. The third kappa shape index (κ3) is 5.64. The molecule has 2 nitrogen and oxygen atoms in total. The van der Waals surface area contributed by atoms with Crippen LogP contribution in [0.15, 0.2) is 241 Å². The summed E-state index contributed by atoms with van der Waals surface area (Å²) in [4.78, 5) is 2.42. The van der Waals surface area contributed by atoms with Crippen molar-refractivity contribution in [3.63, 3.8) is 0 Å². The van der Waals surface area contributed by atoms with Crippen molar-refractivity contribution in [3.05, 3.63) is 259 Å². The van der Waals surface area contributed by atoms with Crippen LogP contribution in [-0.4, -0.2) is 0 Å². The van der Waals surface area contributed by atoms with Crippen LogP contribution in [0.5, 0.6) is 0 Å². The van der Waals surface area contributed by atoms with Crippen LogP contribution in [-0.2, 0) is 5.41 Å². The van der Waals surface area contributed by atoms with Gasteiger partial charge in [0.2, 0.25) is 0 Å². The molecular weight excluding hydrogens is 739 g/mol. The number of anilines is 3. The molecule has 10 aromatic carbocycles. The van der Waals surface area contributed by atoms with Crippen LogP contribution in [0.3, 0.4) is 0 Å². The van der Waals surface area contributed by atoms with Crippen LogP contribution < -0.4 is 4.90 Å².